The zero-order valence-electron chi connectivity index (χ0n) is 13.2. The summed E-state index contributed by atoms with van der Waals surface area (Å²) in [4.78, 5) is 12.3. The summed E-state index contributed by atoms with van der Waals surface area (Å²) < 4.78 is 11.3. The molecule has 0 aliphatic carbocycles. The van der Waals surface area contributed by atoms with Crippen molar-refractivity contribution in [2.75, 3.05) is 6.61 Å². The van der Waals surface area contributed by atoms with Gasteiger partial charge in [-0.05, 0) is 37.5 Å². The third kappa shape index (κ3) is 4.03. The molecule has 4 nitrogen and oxygen atoms in total. The molecule has 4 heteroatoms. The Kier molecular flexibility index (Phi) is 4.81. The molecule has 1 aliphatic heterocycles. The van der Waals surface area contributed by atoms with Crippen molar-refractivity contribution < 1.29 is 14.3 Å². The average molecular weight is 311 g/mol. The number of hydrogen-bond acceptors (Lipinski definition) is 3. The van der Waals surface area contributed by atoms with Crippen LogP contribution in [0.5, 0.6) is 11.5 Å². The van der Waals surface area contributed by atoms with Gasteiger partial charge in [-0.15, -0.1) is 0 Å². The molecule has 1 N–H and O–H groups in total. The lowest BCUT2D eigenvalue weighted by atomic mass is 10.1. The van der Waals surface area contributed by atoms with Crippen LogP contribution in [0.2, 0.25) is 0 Å². The maximum atomic E-state index is 12.3. The Morgan fingerprint density at radius 3 is 2.61 bits per heavy atom. The summed E-state index contributed by atoms with van der Waals surface area (Å²) in [7, 11) is 0. The molecule has 0 aromatic heterocycles. The molecule has 0 radical (unpaired) electrons. The van der Waals surface area contributed by atoms with E-state index in [0.29, 0.717) is 11.5 Å². The van der Waals surface area contributed by atoms with Gasteiger partial charge in [0.25, 0.3) is 5.91 Å². The molecule has 2 atom stereocenters. The van der Waals surface area contributed by atoms with Crippen molar-refractivity contribution in [3.63, 3.8) is 0 Å². The fourth-order valence-electron chi connectivity index (χ4n) is 2.58. The zero-order valence-corrected chi connectivity index (χ0v) is 13.2. The summed E-state index contributed by atoms with van der Waals surface area (Å²) in [5.41, 5.74) is 1.28. The van der Waals surface area contributed by atoms with Crippen LogP contribution in [-0.2, 0) is 11.2 Å². The fourth-order valence-corrected chi connectivity index (χ4v) is 2.58. The molecule has 1 heterocycles. The van der Waals surface area contributed by atoms with Gasteiger partial charge in [0.2, 0.25) is 6.10 Å². The summed E-state index contributed by atoms with van der Waals surface area (Å²) in [5.74, 6) is 1.18. The molecule has 2 aromatic rings. The van der Waals surface area contributed by atoms with Gasteiger partial charge < -0.3 is 14.8 Å². The molecule has 3 rings (SSSR count). The quantitative estimate of drug-likeness (QED) is 0.923. The molecule has 0 unspecified atom stereocenters. The Labute approximate surface area is 136 Å². The minimum Gasteiger partial charge on any atom is -0.485 e. The standard InChI is InChI=1S/C19H21NO3/c1-14(11-12-15-7-3-2-4-8-15)20-19(21)18-13-22-16-9-5-6-10-17(16)23-18/h2-10,14,18H,11-13H2,1H3,(H,20,21)/t14-,18-/m1/s1. The Morgan fingerprint density at radius 1 is 1.13 bits per heavy atom. The van der Waals surface area contributed by atoms with Crippen LogP contribution < -0.4 is 14.8 Å². The molecule has 0 spiro atoms. The molecule has 120 valence electrons. The number of para-hydroxylation sites is 2. The summed E-state index contributed by atoms with van der Waals surface area (Å²) in [6, 6.07) is 17.8. The first-order valence-electron chi connectivity index (χ1n) is 7.95. The lowest BCUT2D eigenvalue weighted by Crippen LogP contribution is -2.47. The van der Waals surface area contributed by atoms with Crippen LogP contribution in [0.4, 0.5) is 0 Å². The number of ether oxygens (including phenoxy) is 2. The second-order valence-electron chi connectivity index (χ2n) is 5.80. The monoisotopic (exact) mass is 311 g/mol. The molecule has 0 saturated heterocycles. The summed E-state index contributed by atoms with van der Waals surface area (Å²) in [6.07, 6.45) is 1.23. The third-order valence-electron chi connectivity index (χ3n) is 3.90. The van der Waals surface area contributed by atoms with Crippen LogP contribution in [0.3, 0.4) is 0 Å². The average Bonchev–Trinajstić information content (AvgIpc) is 2.60. The first-order valence-corrected chi connectivity index (χ1v) is 7.95. The lowest BCUT2D eigenvalue weighted by Gasteiger charge is -2.26. The number of carbonyl (C=O) groups is 1. The second-order valence-corrected chi connectivity index (χ2v) is 5.80. The van der Waals surface area contributed by atoms with Crippen molar-refractivity contribution in [3.05, 3.63) is 60.2 Å². The highest BCUT2D eigenvalue weighted by atomic mass is 16.6. The number of fused-ring (bicyclic) bond motifs is 1. The highest BCUT2D eigenvalue weighted by Crippen LogP contribution is 2.30. The van der Waals surface area contributed by atoms with Gasteiger partial charge >= 0.3 is 0 Å². The van der Waals surface area contributed by atoms with Gasteiger partial charge in [-0.3, -0.25) is 4.79 Å². The molecular weight excluding hydrogens is 290 g/mol. The molecule has 0 fully saturated rings. The van der Waals surface area contributed by atoms with Gasteiger partial charge in [-0.2, -0.15) is 0 Å². The van der Waals surface area contributed by atoms with Gasteiger partial charge in [0.15, 0.2) is 11.5 Å². The molecule has 1 amide bonds. The number of amides is 1. The van der Waals surface area contributed by atoms with E-state index in [1.165, 1.54) is 5.56 Å². The van der Waals surface area contributed by atoms with E-state index in [1.807, 2.05) is 49.4 Å². The number of hydrogen-bond donors (Lipinski definition) is 1. The molecule has 23 heavy (non-hydrogen) atoms. The number of carbonyl (C=O) groups excluding carboxylic acids is 1. The van der Waals surface area contributed by atoms with E-state index in [1.54, 1.807) is 0 Å². The summed E-state index contributed by atoms with van der Waals surface area (Å²) in [5, 5.41) is 3.01. The van der Waals surface area contributed by atoms with E-state index in [2.05, 4.69) is 17.4 Å². The lowest BCUT2D eigenvalue weighted by molar-refractivity contribution is -0.131. The SMILES string of the molecule is C[C@H](CCc1ccccc1)NC(=O)[C@H]1COc2ccccc2O1. The molecule has 0 saturated carbocycles. The highest BCUT2D eigenvalue weighted by Gasteiger charge is 2.27. The van der Waals surface area contributed by atoms with Crippen molar-refractivity contribution in [1.29, 1.82) is 0 Å². The van der Waals surface area contributed by atoms with E-state index in [4.69, 9.17) is 9.47 Å². The van der Waals surface area contributed by atoms with Crippen LogP contribution in [0.1, 0.15) is 18.9 Å². The molecular formula is C19H21NO3. The van der Waals surface area contributed by atoms with Gasteiger partial charge in [-0.1, -0.05) is 42.5 Å². The zero-order chi connectivity index (χ0) is 16.1. The van der Waals surface area contributed by atoms with Crippen molar-refractivity contribution in [2.24, 2.45) is 0 Å². The topological polar surface area (TPSA) is 47.6 Å². The van der Waals surface area contributed by atoms with Crippen LogP contribution in [0.25, 0.3) is 0 Å². The van der Waals surface area contributed by atoms with Gasteiger partial charge in [-0.25, -0.2) is 0 Å². The largest absolute Gasteiger partial charge is 0.485 e. The fraction of sp³-hybridized carbons (Fsp3) is 0.316. The first-order chi connectivity index (χ1) is 11.2. The minimum absolute atomic E-state index is 0.0866. The van der Waals surface area contributed by atoms with E-state index in [-0.39, 0.29) is 18.6 Å². The summed E-state index contributed by atoms with van der Waals surface area (Å²) in [6.45, 7) is 2.26. The normalized spacial score (nSPS) is 17.3. The smallest absolute Gasteiger partial charge is 0.264 e. The van der Waals surface area contributed by atoms with Crippen molar-refractivity contribution in [2.45, 2.75) is 31.9 Å². The van der Waals surface area contributed by atoms with E-state index in [0.717, 1.165) is 12.8 Å². The first kappa shape index (κ1) is 15.4. The molecule has 1 aliphatic rings. The highest BCUT2D eigenvalue weighted by molar-refractivity contribution is 5.82. The summed E-state index contributed by atoms with van der Waals surface area (Å²) >= 11 is 0. The van der Waals surface area contributed by atoms with Crippen molar-refractivity contribution in [1.82, 2.24) is 5.32 Å². The van der Waals surface area contributed by atoms with Crippen LogP contribution in [0, 0.1) is 0 Å². The van der Waals surface area contributed by atoms with Crippen LogP contribution in [0.15, 0.2) is 54.6 Å². The Bertz CT molecular complexity index is 657. The van der Waals surface area contributed by atoms with Crippen molar-refractivity contribution >= 4 is 5.91 Å². The van der Waals surface area contributed by atoms with Crippen molar-refractivity contribution in [3.8, 4) is 11.5 Å². The van der Waals surface area contributed by atoms with Gasteiger partial charge in [0, 0.05) is 6.04 Å². The second kappa shape index (κ2) is 7.18. The Balaban J connectivity index is 1.49. The third-order valence-corrected chi connectivity index (χ3v) is 3.90. The minimum atomic E-state index is -0.593. The number of nitrogens with one attached hydrogen (secondary N) is 1. The predicted molar refractivity (Wildman–Crippen MR) is 88.7 cm³/mol. The predicted octanol–water partition coefficient (Wildman–Crippen LogP) is 2.96. The van der Waals surface area contributed by atoms with Crippen LogP contribution >= 0.6 is 0 Å². The number of rotatable bonds is 5. The van der Waals surface area contributed by atoms with E-state index in [9.17, 15) is 4.79 Å². The van der Waals surface area contributed by atoms with E-state index >= 15 is 0 Å². The number of benzene rings is 2. The van der Waals surface area contributed by atoms with Gasteiger partial charge in [0.05, 0.1) is 0 Å². The Morgan fingerprint density at radius 2 is 1.83 bits per heavy atom. The maximum Gasteiger partial charge on any atom is 0.264 e. The Hall–Kier alpha value is -2.49. The molecule has 2 aromatic carbocycles. The van der Waals surface area contributed by atoms with E-state index < -0.39 is 6.10 Å². The molecule has 0 bridgehead atoms. The van der Waals surface area contributed by atoms with Crippen LogP contribution in [-0.4, -0.2) is 24.7 Å². The maximum absolute atomic E-state index is 12.3. The van der Waals surface area contributed by atoms with Gasteiger partial charge in [0.1, 0.15) is 6.61 Å². The number of aryl methyl sites for hydroxylation is 1.